The van der Waals surface area contributed by atoms with Gasteiger partial charge in [0, 0.05) is 92.7 Å². The van der Waals surface area contributed by atoms with E-state index >= 15 is 4.39 Å². The minimum atomic E-state index is -0.885. The van der Waals surface area contributed by atoms with Crippen LogP contribution in [0.2, 0.25) is 0 Å². The van der Waals surface area contributed by atoms with Gasteiger partial charge in [-0.15, -0.1) is 0 Å². The van der Waals surface area contributed by atoms with E-state index in [9.17, 15) is 42.3 Å². The third-order valence-electron chi connectivity index (χ3n) is 19.9. The zero-order chi connectivity index (χ0) is 63.3. The molecule has 6 heterocycles. The maximum Gasteiger partial charge on any atom is 0.411 e. The van der Waals surface area contributed by atoms with Gasteiger partial charge < -0.3 is 34.4 Å². The van der Waals surface area contributed by atoms with Crippen LogP contribution in [0.25, 0.3) is 10.8 Å². The Bertz CT molecular complexity index is 3510. The number of fused-ring (bicyclic) bond motifs is 1. The number of aromatic nitrogens is 2. The van der Waals surface area contributed by atoms with Crippen LogP contribution >= 0.6 is 0 Å². The van der Waals surface area contributed by atoms with E-state index in [1.54, 1.807) is 65.8 Å². The van der Waals surface area contributed by atoms with E-state index in [2.05, 4.69) is 20.4 Å². The summed E-state index contributed by atoms with van der Waals surface area (Å²) >= 11 is 0. The highest BCUT2D eigenvalue weighted by Gasteiger charge is 2.53. The molecule has 0 bridgehead atoms. The fourth-order valence-corrected chi connectivity index (χ4v) is 14.8. The Morgan fingerprint density at radius 3 is 2.10 bits per heavy atom. The minimum Gasteiger partial charge on any atom is -0.444 e. The number of aromatic amines is 1. The Morgan fingerprint density at radius 2 is 1.41 bits per heavy atom. The van der Waals surface area contributed by atoms with E-state index in [0.717, 1.165) is 99.9 Å². The molecule has 6 fully saturated rings. The number of piperazine rings is 1. The van der Waals surface area contributed by atoms with E-state index in [0.29, 0.717) is 98.3 Å². The maximum absolute atomic E-state index is 15.2. The SMILES string of the molecule is CC(C)(C)OC(=O)N(CC(=O)N1CCCC(c2cccc(C(=O)N[C@@H](C(=O)N3CCC(C4(C5CCN(CC(=O)N6CCN(C(=O)c7cc(Cc8n[nH]c(=O)c9ccccc89)ccc7F)CC6)CC5)COC4)CC3)C3CCCCC3)c2)C1)Cc1ccc(F)cc1F. The van der Waals surface area contributed by atoms with Crippen LogP contribution < -0.4 is 10.9 Å². The van der Waals surface area contributed by atoms with Crippen LogP contribution in [0, 0.1) is 40.6 Å². The van der Waals surface area contributed by atoms with Crippen molar-refractivity contribution in [3.8, 4) is 0 Å². The van der Waals surface area contributed by atoms with Crippen molar-refractivity contribution < 1.29 is 51.4 Å². The monoisotopic (exact) mass is 1240 g/mol. The first-order chi connectivity index (χ1) is 43.3. The second kappa shape index (κ2) is 27.8. The number of hydrogen-bond acceptors (Lipinski definition) is 11. The molecule has 90 heavy (non-hydrogen) atoms. The number of benzene rings is 4. The molecule has 480 valence electrons. The lowest BCUT2D eigenvalue weighted by Gasteiger charge is -2.56. The van der Waals surface area contributed by atoms with Gasteiger partial charge in [0.25, 0.3) is 17.4 Å². The Hall–Kier alpha value is -7.65. The average molecular weight is 1240 g/mol. The summed E-state index contributed by atoms with van der Waals surface area (Å²) in [5.74, 6) is -2.67. The second-order valence-corrected chi connectivity index (χ2v) is 26.8. The fourth-order valence-electron chi connectivity index (χ4n) is 14.8. The lowest BCUT2D eigenvalue weighted by molar-refractivity contribution is -0.195. The molecule has 1 aromatic heterocycles. The molecule has 0 radical (unpaired) electrons. The molecule has 5 saturated heterocycles. The predicted molar refractivity (Wildman–Crippen MR) is 332 cm³/mol. The summed E-state index contributed by atoms with van der Waals surface area (Å²) in [7, 11) is 0. The Labute approximate surface area is 523 Å². The first kappa shape index (κ1) is 63.9. The van der Waals surface area contributed by atoms with Crippen LogP contribution in [-0.4, -0.2) is 179 Å². The molecule has 6 aliphatic rings. The fraction of sp³-hybridized carbons (Fsp3) is 0.536. The van der Waals surface area contributed by atoms with Gasteiger partial charge in [0.15, 0.2) is 0 Å². The zero-order valence-electron chi connectivity index (χ0n) is 52.0. The number of nitrogens with zero attached hydrogens (tertiary/aromatic N) is 7. The minimum absolute atomic E-state index is 0.00278. The van der Waals surface area contributed by atoms with Crippen molar-refractivity contribution in [2.24, 2.45) is 23.2 Å². The van der Waals surface area contributed by atoms with Crippen molar-refractivity contribution in [1.29, 1.82) is 0 Å². The number of carbonyl (C=O) groups excluding carboxylic acids is 6. The van der Waals surface area contributed by atoms with Gasteiger partial charge in [-0.2, -0.15) is 5.10 Å². The molecular weight excluding hydrogens is 1160 g/mol. The number of halogens is 3. The molecule has 2 atom stereocenters. The van der Waals surface area contributed by atoms with E-state index in [1.807, 2.05) is 35.2 Å². The summed E-state index contributed by atoms with van der Waals surface area (Å²) in [5, 5.41) is 11.2. The van der Waals surface area contributed by atoms with Gasteiger partial charge in [-0.1, -0.05) is 61.7 Å². The number of piperidine rings is 3. The number of hydrogen-bond donors (Lipinski definition) is 2. The van der Waals surface area contributed by atoms with Gasteiger partial charge in [0.1, 0.15) is 35.6 Å². The molecule has 6 amide bonds. The number of rotatable bonds is 16. The molecular formula is C69H84F3N9O9. The predicted octanol–water partition coefficient (Wildman–Crippen LogP) is 8.71. The van der Waals surface area contributed by atoms with E-state index in [1.165, 1.54) is 12.1 Å². The Morgan fingerprint density at radius 1 is 0.711 bits per heavy atom. The smallest absolute Gasteiger partial charge is 0.411 e. The zero-order valence-corrected chi connectivity index (χ0v) is 52.0. The largest absolute Gasteiger partial charge is 0.444 e. The van der Waals surface area contributed by atoms with E-state index in [-0.39, 0.29) is 96.7 Å². The highest BCUT2D eigenvalue weighted by atomic mass is 19.1. The first-order valence-corrected chi connectivity index (χ1v) is 32.3. The van der Waals surface area contributed by atoms with Crippen molar-refractivity contribution in [2.45, 2.75) is 122 Å². The standard InChI is InChI=1S/C69H84F3N9O9/c1-68(2,3)90-67(88)81(40-50-19-20-53(70)38-58(50)72)42-61(83)80-26-10-15-49(39-80)47-13-9-14-48(37-47)63(84)73-62(46-11-5-4-6-12-46)66(87)78-29-24-52(25-30-78)69(43-89-44-69)51-22-27-76(28-23-51)41-60(82)77-31-33-79(34-32-77)65(86)56-35-45(18-21-57(56)71)36-59-54-16-7-8-17-55(54)64(85)75-74-59/h7-9,13-14,16-21,35,37-38,46,49,51-52,62H,4-6,10-12,15,22-34,36,39-44H2,1-3H3,(H,73,84)(H,75,85)/t49?,62-/m1/s1. The average Bonchev–Trinajstić information content (AvgIpc) is 0.824. The van der Waals surface area contributed by atoms with Crippen molar-refractivity contribution in [3.05, 3.63) is 146 Å². The normalized spacial score (nSPS) is 20.1. The summed E-state index contributed by atoms with van der Waals surface area (Å²) < 4.78 is 55.4. The van der Waals surface area contributed by atoms with Gasteiger partial charge in [-0.25, -0.2) is 23.1 Å². The van der Waals surface area contributed by atoms with Crippen LogP contribution in [-0.2, 0) is 36.8 Å². The molecule has 0 spiro atoms. The van der Waals surface area contributed by atoms with Crippen LogP contribution in [0.15, 0.2) is 89.7 Å². The topological polar surface area (TPSA) is 198 Å². The highest BCUT2D eigenvalue weighted by Crippen LogP contribution is 2.51. The number of nitrogens with one attached hydrogen (secondary N) is 2. The summed E-state index contributed by atoms with van der Waals surface area (Å²) in [4.78, 5) is 107. The van der Waals surface area contributed by atoms with Gasteiger partial charge in [-0.05, 0) is 151 Å². The van der Waals surface area contributed by atoms with Gasteiger partial charge in [0.2, 0.25) is 17.7 Å². The number of H-pyrrole nitrogens is 1. The quantitative estimate of drug-likeness (QED) is 0.0959. The molecule has 5 aromatic rings. The van der Waals surface area contributed by atoms with E-state index < -0.39 is 41.1 Å². The maximum atomic E-state index is 15.2. The van der Waals surface area contributed by atoms with Crippen molar-refractivity contribution >= 4 is 46.4 Å². The lowest BCUT2D eigenvalue weighted by atomic mass is 9.59. The number of ether oxygens (including phenoxy) is 2. The van der Waals surface area contributed by atoms with E-state index in [4.69, 9.17) is 9.47 Å². The van der Waals surface area contributed by atoms with Gasteiger partial charge in [-0.3, -0.25) is 38.6 Å². The summed E-state index contributed by atoms with van der Waals surface area (Å²) in [5.41, 5.74) is 1.42. The number of carbonyl (C=O) groups is 6. The van der Waals surface area contributed by atoms with Crippen LogP contribution in [0.5, 0.6) is 0 Å². The van der Waals surface area contributed by atoms with Crippen LogP contribution in [0.1, 0.15) is 140 Å². The Balaban J connectivity index is 0.651. The van der Waals surface area contributed by atoms with Crippen molar-refractivity contribution in [3.63, 3.8) is 0 Å². The van der Waals surface area contributed by atoms with Crippen molar-refractivity contribution in [1.82, 2.24) is 44.9 Å². The molecule has 21 heteroatoms. The molecule has 4 aromatic carbocycles. The van der Waals surface area contributed by atoms with Crippen LogP contribution in [0.3, 0.4) is 0 Å². The second-order valence-electron chi connectivity index (χ2n) is 26.8. The van der Waals surface area contributed by atoms with Gasteiger partial charge in [0.05, 0.1) is 42.9 Å². The molecule has 1 saturated carbocycles. The third-order valence-corrected chi connectivity index (χ3v) is 19.9. The molecule has 5 aliphatic heterocycles. The number of likely N-dealkylation sites (tertiary alicyclic amines) is 3. The summed E-state index contributed by atoms with van der Waals surface area (Å²) in [6.45, 7) is 10.9. The lowest BCUT2D eigenvalue weighted by Crippen LogP contribution is -2.60. The third kappa shape index (κ3) is 14.7. The highest BCUT2D eigenvalue weighted by molar-refractivity contribution is 5.98. The van der Waals surface area contributed by atoms with Crippen LogP contribution in [0.4, 0.5) is 18.0 Å². The summed E-state index contributed by atoms with van der Waals surface area (Å²) in [6.07, 6.45) is 9.25. The molecule has 11 rings (SSSR count). The first-order valence-electron chi connectivity index (χ1n) is 32.3. The van der Waals surface area contributed by atoms with Crippen molar-refractivity contribution in [2.75, 3.05) is 91.8 Å². The molecule has 1 aliphatic carbocycles. The number of amides is 6. The Kier molecular flexibility index (Phi) is 19.8. The molecule has 1 unspecified atom stereocenters. The molecule has 18 nitrogen and oxygen atoms in total. The summed E-state index contributed by atoms with van der Waals surface area (Å²) in [6, 6.07) is 21.4. The van der Waals surface area contributed by atoms with Gasteiger partial charge >= 0.3 is 6.09 Å². The molecule has 2 N–H and O–H groups in total.